The summed E-state index contributed by atoms with van der Waals surface area (Å²) in [6, 6.07) is 6.44. The van der Waals surface area contributed by atoms with E-state index in [9.17, 15) is 58.5 Å². The molecule has 20 nitrogen and oxygen atoms in total. The van der Waals surface area contributed by atoms with Crippen LogP contribution in [0, 0.1) is 17.8 Å². The van der Waals surface area contributed by atoms with E-state index in [2.05, 4.69) is 38.5 Å². The number of hydrogen-bond acceptors (Lipinski definition) is 11. The van der Waals surface area contributed by atoms with Crippen LogP contribution in [-0.2, 0) is 60.7 Å². The van der Waals surface area contributed by atoms with Crippen LogP contribution in [0.4, 0.5) is 0 Å². The number of methoxy groups -OCH3 is 1. The molecule has 2 aromatic carbocycles. The van der Waals surface area contributed by atoms with Gasteiger partial charge >= 0.3 is 11.9 Å². The zero-order valence-corrected chi connectivity index (χ0v) is 40.1. The fourth-order valence-corrected chi connectivity index (χ4v) is 7.19. The van der Waals surface area contributed by atoms with E-state index >= 15 is 0 Å². The lowest BCUT2D eigenvalue weighted by atomic mass is 9.94. The molecule has 0 spiro atoms. The molecule has 1 saturated heterocycles. The predicted molar refractivity (Wildman–Crippen MR) is 252 cm³/mol. The van der Waals surface area contributed by atoms with Gasteiger partial charge < -0.3 is 56.9 Å². The zero-order chi connectivity index (χ0) is 51.7. The Morgan fingerprint density at radius 1 is 0.768 bits per heavy atom. The monoisotopic (exact) mass is 959 g/mol. The minimum Gasteiger partial charge on any atom is -0.508 e. The number of phenols is 1. The van der Waals surface area contributed by atoms with Gasteiger partial charge in [-0.05, 0) is 56.9 Å². The molecule has 10 atom stereocenters. The highest BCUT2D eigenvalue weighted by Crippen LogP contribution is 2.19. The van der Waals surface area contributed by atoms with Gasteiger partial charge in [0.15, 0.2) is 0 Å². The molecular formula is C49H65N7O13. The number of aliphatic carboxylic acids is 2. The minimum absolute atomic E-state index is 0.0952. The molecule has 7 amide bonds. The Morgan fingerprint density at radius 2 is 1.36 bits per heavy atom. The molecule has 3 rings (SSSR count). The third kappa shape index (κ3) is 17.0. The summed E-state index contributed by atoms with van der Waals surface area (Å²) in [6.07, 6.45) is 4.39. The Hall–Kier alpha value is -7.35. The first kappa shape index (κ1) is 56.0. The van der Waals surface area contributed by atoms with E-state index in [0.29, 0.717) is 12.0 Å². The third-order valence-corrected chi connectivity index (χ3v) is 11.8. The van der Waals surface area contributed by atoms with Crippen LogP contribution in [0.15, 0.2) is 90.7 Å². The molecule has 2 aromatic rings. The first-order valence-electron chi connectivity index (χ1n) is 22.4. The van der Waals surface area contributed by atoms with Gasteiger partial charge in [0, 0.05) is 32.9 Å². The molecule has 0 bridgehead atoms. The van der Waals surface area contributed by atoms with E-state index in [1.54, 1.807) is 20.1 Å². The van der Waals surface area contributed by atoms with Crippen LogP contribution >= 0.6 is 0 Å². The van der Waals surface area contributed by atoms with Gasteiger partial charge in [-0.15, -0.1) is 0 Å². The molecular weight excluding hydrogens is 895 g/mol. The number of nitrogens with one attached hydrogen (secondary N) is 6. The van der Waals surface area contributed by atoms with E-state index in [1.165, 1.54) is 65.1 Å². The fraction of sp³-hybridized carbons (Fsp3) is 0.449. The number of rotatable bonds is 11. The Kier molecular flexibility index (Phi) is 21.3. The van der Waals surface area contributed by atoms with Crippen molar-refractivity contribution in [2.45, 2.75) is 110 Å². The van der Waals surface area contributed by atoms with Gasteiger partial charge in [0.25, 0.3) is 5.91 Å². The maximum absolute atomic E-state index is 13.8. The number of allylic oxidation sites excluding steroid dienone is 2. The van der Waals surface area contributed by atoms with E-state index < -0.39 is 120 Å². The molecule has 374 valence electrons. The highest BCUT2D eigenvalue weighted by molar-refractivity contribution is 6.00. The third-order valence-electron chi connectivity index (χ3n) is 11.8. The number of carboxylic acid groups (broad SMARTS) is 2. The summed E-state index contributed by atoms with van der Waals surface area (Å²) < 4.78 is 5.79. The van der Waals surface area contributed by atoms with Crippen LogP contribution in [0.1, 0.15) is 65.5 Å². The molecule has 69 heavy (non-hydrogen) atoms. The Labute approximate surface area is 401 Å². The second-order valence-electron chi connectivity index (χ2n) is 17.2. The molecule has 0 aromatic heterocycles. The molecule has 9 N–H and O–H groups in total. The van der Waals surface area contributed by atoms with Gasteiger partial charge in [0.2, 0.25) is 35.4 Å². The van der Waals surface area contributed by atoms with E-state index in [1.807, 2.05) is 43.3 Å². The Morgan fingerprint density at radius 3 is 1.96 bits per heavy atom. The van der Waals surface area contributed by atoms with Crippen molar-refractivity contribution in [1.82, 2.24) is 36.8 Å². The summed E-state index contributed by atoms with van der Waals surface area (Å²) in [5.41, 5.74) is 1.78. The van der Waals surface area contributed by atoms with Gasteiger partial charge in [-0.3, -0.25) is 33.6 Å². The number of nitrogens with zero attached hydrogens (tertiary/aromatic N) is 1. The summed E-state index contributed by atoms with van der Waals surface area (Å²) in [5.74, 6) is -12.3. The average Bonchev–Trinajstić information content (AvgIpc) is 3.31. The summed E-state index contributed by atoms with van der Waals surface area (Å²) in [6.45, 7) is 12.6. The lowest BCUT2D eigenvalue weighted by molar-refractivity contribution is -0.146. The number of hydrogen-bond donors (Lipinski definition) is 9. The molecule has 20 heteroatoms. The van der Waals surface area contributed by atoms with Crippen molar-refractivity contribution in [2.75, 3.05) is 14.2 Å². The van der Waals surface area contributed by atoms with Gasteiger partial charge in [0.1, 0.15) is 41.7 Å². The summed E-state index contributed by atoms with van der Waals surface area (Å²) in [5, 5.41) is 44.8. The van der Waals surface area contributed by atoms with Crippen LogP contribution in [0.3, 0.4) is 0 Å². The molecule has 1 fully saturated rings. The first-order valence-corrected chi connectivity index (χ1v) is 22.4. The van der Waals surface area contributed by atoms with Crippen molar-refractivity contribution >= 4 is 53.3 Å². The number of ether oxygens (including phenoxy) is 1. The molecule has 1 aliphatic heterocycles. The standard InChI is InChI=1S/C49H65N7O13/c1-26(23-27(2)39(69-9)25-33-13-11-10-12-14-33)15-20-36-28(3)42(59)53-37(48(65)66)21-22-40(58)56(8)32(7)46(63)51-31(6)45(62)54-38(24-34-16-18-35(57)19-17-34)47(64)55-41(49(67)68)29(4)43(60)50-30(5)44(61)52-36/h10-20,23,27-31,36-39,41,57H,7,21-22,24-25H2,1-6,8-9H3,(H,50,60)(H,51,63)(H,52,61)(H,53,59)(H,54,62)(H,55,64)(H,65,66)(H,67,68)/b20-15+,26-23+. The van der Waals surface area contributed by atoms with Crippen molar-refractivity contribution in [2.24, 2.45) is 17.8 Å². The summed E-state index contributed by atoms with van der Waals surface area (Å²) in [7, 11) is 2.81. The maximum Gasteiger partial charge on any atom is 0.327 e. The topological polar surface area (TPSA) is 299 Å². The van der Waals surface area contributed by atoms with Crippen LogP contribution in [-0.4, -0.2) is 130 Å². The van der Waals surface area contributed by atoms with Crippen molar-refractivity contribution in [3.8, 4) is 5.75 Å². The number of carbonyl (C=O) groups excluding carboxylic acids is 7. The van der Waals surface area contributed by atoms with Crippen molar-refractivity contribution < 1.29 is 63.2 Å². The molecule has 1 aliphatic rings. The SMILES string of the molecule is C=C1C(=O)NC(C)C(=O)NC(Cc2ccc(O)cc2)C(=O)NC(C(=O)O)C(C)C(=O)NC(C)C(=O)NC(/C=C/C(C)=C/C(C)C(Cc2ccccc2)OC)C(C)C(=O)NC(C(=O)O)CCC(=O)N1C. The second-order valence-corrected chi connectivity index (χ2v) is 17.2. The average molecular weight is 960 g/mol. The molecule has 10 unspecified atom stereocenters. The van der Waals surface area contributed by atoms with Crippen molar-refractivity contribution in [3.05, 3.63) is 102 Å². The van der Waals surface area contributed by atoms with Gasteiger partial charge in [-0.2, -0.15) is 0 Å². The van der Waals surface area contributed by atoms with Gasteiger partial charge in [-0.1, -0.05) is 93.6 Å². The van der Waals surface area contributed by atoms with Crippen LogP contribution in [0.2, 0.25) is 0 Å². The van der Waals surface area contributed by atoms with E-state index in [-0.39, 0.29) is 24.2 Å². The van der Waals surface area contributed by atoms with E-state index in [0.717, 1.165) is 16.0 Å². The number of carbonyl (C=O) groups is 9. The van der Waals surface area contributed by atoms with Gasteiger partial charge in [-0.25, -0.2) is 9.59 Å². The van der Waals surface area contributed by atoms with E-state index in [4.69, 9.17) is 4.74 Å². The normalized spacial score (nSPS) is 25.7. The molecule has 0 saturated carbocycles. The lowest BCUT2D eigenvalue weighted by Gasteiger charge is -2.27. The molecule has 0 radical (unpaired) electrons. The maximum atomic E-state index is 13.8. The number of benzene rings is 2. The quantitative estimate of drug-likeness (QED) is 0.114. The Bertz CT molecular complexity index is 2270. The van der Waals surface area contributed by atoms with Crippen LogP contribution < -0.4 is 31.9 Å². The van der Waals surface area contributed by atoms with Crippen molar-refractivity contribution in [1.29, 1.82) is 0 Å². The van der Waals surface area contributed by atoms with Crippen LogP contribution in [0.25, 0.3) is 0 Å². The highest BCUT2D eigenvalue weighted by atomic mass is 16.5. The zero-order valence-electron chi connectivity index (χ0n) is 40.1. The Balaban J connectivity index is 2.03. The number of carboxylic acids is 2. The fourth-order valence-electron chi connectivity index (χ4n) is 7.19. The van der Waals surface area contributed by atoms with Crippen molar-refractivity contribution in [3.63, 3.8) is 0 Å². The summed E-state index contributed by atoms with van der Waals surface area (Å²) >= 11 is 0. The lowest BCUT2D eigenvalue weighted by Crippen LogP contribution is -2.59. The van der Waals surface area contributed by atoms with Gasteiger partial charge in [0.05, 0.1) is 24.0 Å². The van der Waals surface area contributed by atoms with Crippen LogP contribution in [0.5, 0.6) is 5.75 Å². The highest BCUT2D eigenvalue weighted by Gasteiger charge is 2.37. The number of phenolic OH excluding ortho intramolecular Hbond substituents is 1. The number of amides is 7. The number of aromatic hydroxyl groups is 1. The number of likely N-dealkylation sites (N-methyl/N-ethyl adjacent to an activating group) is 1. The largest absolute Gasteiger partial charge is 0.508 e. The minimum atomic E-state index is -1.90. The second kappa shape index (κ2) is 26.3. The predicted octanol–water partition coefficient (Wildman–Crippen LogP) is 1.49. The smallest absolute Gasteiger partial charge is 0.327 e. The first-order chi connectivity index (χ1) is 32.4. The molecule has 1 heterocycles. The molecule has 0 aliphatic carbocycles. The summed E-state index contributed by atoms with van der Waals surface area (Å²) in [4.78, 5) is 121.